The second-order valence-corrected chi connectivity index (χ2v) is 7.25. The summed E-state index contributed by atoms with van der Waals surface area (Å²) in [6.45, 7) is 5.91. The number of hydrogen-bond donors (Lipinski definition) is 0. The number of thiazole rings is 1. The van der Waals surface area contributed by atoms with Crippen molar-refractivity contribution in [2.24, 2.45) is 0 Å². The number of tetrazole rings is 1. The predicted molar refractivity (Wildman–Crippen MR) is 88.7 cm³/mol. The number of para-hydroxylation sites is 1. The first-order valence-corrected chi connectivity index (χ1v) is 7.97. The molecule has 0 saturated carbocycles. The third-order valence-electron chi connectivity index (χ3n) is 3.49. The zero-order valence-electron chi connectivity index (χ0n) is 12.9. The van der Waals surface area contributed by atoms with Crippen LogP contribution >= 0.6 is 11.3 Å². The van der Waals surface area contributed by atoms with Crippen LogP contribution in [0.15, 0.2) is 35.3 Å². The molecule has 23 heavy (non-hydrogen) atoms. The molecule has 0 bridgehead atoms. The smallest absolute Gasteiger partial charge is 0.268 e. The lowest BCUT2D eigenvalue weighted by Crippen LogP contribution is -2.24. The standard InChI is InChI=1S/C15H14N6OS/c1-15(2,3)21-18-12(17-19-21)9-8-16-14-20(13(9)22)10-6-4-5-7-11(10)23-14/h4-8H,1-3H3. The van der Waals surface area contributed by atoms with E-state index >= 15 is 0 Å². The molecule has 3 heterocycles. The normalized spacial score (nSPS) is 12.3. The van der Waals surface area contributed by atoms with Crippen molar-refractivity contribution in [3.63, 3.8) is 0 Å². The van der Waals surface area contributed by atoms with E-state index in [0.717, 1.165) is 10.2 Å². The third kappa shape index (κ3) is 2.14. The molecule has 0 radical (unpaired) electrons. The molecule has 8 heteroatoms. The van der Waals surface area contributed by atoms with E-state index in [0.29, 0.717) is 16.3 Å². The first-order valence-electron chi connectivity index (χ1n) is 7.15. The lowest BCUT2D eigenvalue weighted by molar-refractivity contribution is 0.306. The lowest BCUT2D eigenvalue weighted by Gasteiger charge is -2.15. The van der Waals surface area contributed by atoms with Gasteiger partial charge in [-0.05, 0) is 38.1 Å². The molecular formula is C15H14N6OS. The minimum absolute atomic E-state index is 0.180. The monoisotopic (exact) mass is 326 g/mol. The van der Waals surface area contributed by atoms with Gasteiger partial charge in [-0.15, -0.1) is 10.2 Å². The molecule has 0 aliphatic carbocycles. The highest BCUT2D eigenvalue weighted by Gasteiger charge is 2.20. The van der Waals surface area contributed by atoms with Crippen LogP contribution in [0.25, 0.3) is 26.6 Å². The number of benzene rings is 1. The Balaban J connectivity index is 1.98. The van der Waals surface area contributed by atoms with E-state index in [2.05, 4.69) is 20.4 Å². The van der Waals surface area contributed by atoms with Gasteiger partial charge in [0.2, 0.25) is 5.82 Å². The maximum Gasteiger partial charge on any atom is 0.270 e. The number of fused-ring (bicyclic) bond motifs is 3. The van der Waals surface area contributed by atoms with Crippen molar-refractivity contribution in [2.45, 2.75) is 26.3 Å². The summed E-state index contributed by atoms with van der Waals surface area (Å²) in [4.78, 5) is 19.4. The van der Waals surface area contributed by atoms with Gasteiger partial charge in [-0.1, -0.05) is 23.5 Å². The van der Waals surface area contributed by atoms with Gasteiger partial charge in [0.15, 0.2) is 4.96 Å². The Morgan fingerprint density at radius 3 is 2.70 bits per heavy atom. The Morgan fingerprint density at radius 1 is 1.17 bits per heavy atom. The number of aromatic nitrogens is 6. The fraction of sp³-hybridized carbons (Fsp3) is 0.267. The SMILES string of the molecule is CC(C)(C)n1nnc(-c2cnc3sc4ccccc4n3c2=O)n1. The molecule has 0 spiro atoms. The van der Waals surface area contributed by atoms with E-state index in [4.69, 9.17) is 0 Å². The molecule has 0 atom stereocenters. The second kappa shape index (κ2) is 4.69. The lowest BCUT2D eigenvalue weighted by atomic mass is 10.1. The van der Waals surface area contributed by atoms with Crippen LogP contribution in [0.3, 0.4) is 0 Å². The molecule has 4 rings (SSSR count). The second-order valence-electron chi connectivity index (χ2n) is 6.24. The molecule has 0 fully saturated rings. The average molecular weight is 326 g/mol. The summed E-state index contributed by atoms with van der Waals surface area (Å²) in [6, 6.07) is 7.73. The van der Waals surface area contributed by atoms with Crippen molar-refractivity contribution in [1.29, 1.82) is 0 Å². The first-order chi connectivity index (χ1) is 10.9. The molecule has 0 unspecified atom stereocenters. The van der Waals surface area contributed by atoms with E-state index in [9.17, 15) is 4.79 Å². The quantitative estimate of drug-likeness (QED) is 0.536. The summed E-state index contributed by atoms with van der Waals surface area (Å²) >= 11 is 1.48. The highest BCUT2D eigenvalue weighted by Crippen LogP contribution is 2.24. The Labute approximate surface area is 135 Å². The van der Waals surface area contributed by atoms with Gasteiger partial charge in [0.05, 0.1) is 15.8 Å². The topological polar surface area (TPSA) is 78.0 Å². The van der Waals surface area contributed by atoms with Crippen LogP contribution < -0.4 is 5.56 Å². The minimum Gasteiger partial charge on any atom is -0.268 e. The van der Waals surface area contributed by atoms with Crippen LogP contribution in [-0.4, -0.2) is 29.6 Å². The molecule has 1 aromatic carbocycles. The van der Waals surface area contributed by atoms with Gasteiger partial charge < -0.3 is 0 Å². The highest BCUT2D eigenvalue weighted by molar-refractivity contribution is 7.23. The van der Waals surface area contributed by atoms with Crippen molar-refractivity contribution in [3.8, 4) is 11.4 Å². The average Bonchev–Trinajstić information content (AvgIpc) is 3.11. The molecule has 0 saturated heterocycles. The highest BCUT2D eigenvalue weighted by atomic mass is 32.1. The van der Waals surface area contributed by atoms with Crippen LogP contribution in [0.2, 0.25) is 0 Å². The fourth-order valence-corrected chi connectivity index (χ4v) is 3.30. The molecule has 116 valence electrons. The van der Waals surface area contributed by atoms with Crippen molar-refractivity contribution >= 4 is 26.5 Å². The van der Waals surface area contributed by atoms with E-state index in [1.807, 2.05) is 45.0 Å². The minimum atomic E-state index is -0.298. The van der Waals surface area contributed by atoms with Crippen LogP contribution in [0.1, 0.15) is 20.8 Å². The summed E-state index contributed by atoms with van der Waals surface area (Å²) in [5.74, 6) is 0.294. The predicted octanol–water partition coefficient (Wildman–Crippen LogP) is 2.32. The maximum absolute atomic E-state index is 12.9. The Bertz CT molecular complexity index is 1080. The van der Waals surface area contributed by atoms with Gasteiger partial charge in [0.25, 0.3) is 5.56 Å². The van der Waals surface area contributed by atoms with Gasteiger partial charge in [-0.2, -0.15) is 4.80 Å². The van der Waals surface area contributed by atoms with E-state index in [-0.39, 0.29) is 11.1 Å². The first kappa shape index (κ1) is 14.0. The zero-order valence-corrected chi connectivity index (χ0v) is 13.7. The molecule has 0 amide bonds. The summed E-state index contributed by atoms with van der Waals surface area (Å²) in [5, 5.41) is 12.4. The number of rotatable bonds is 1. The van der Waals surface area contributed by atoms with Crippen molar-refractivity contribution in [3.05, 3.63) is 40.8 Å². The molecule has 7 nitrogen and oxygen atoms in total. The number of hydrogen-bond acceptors (Lipinski definition) is 6. The summed E-state index contributed by atoms with van der Waals surface area (Å²) < 4.78 is 2.62. The molecule has 0 N–H and O–H groups in total. The maximum atomic E-state index is 12.9. The Hall–Kier alpha value is -2.61. The number of nitrogens with zero attached hydrogens (tertiary/aromatic N) is 6. The van der Waals surface area contributed by atoms with Crippen LogP contribution in [0, 0.1) is 0 Å². The van der Waals surface area contributed by atoms with Gasteiger partial charge in [-0.3, -0.25) is 9.20 Å². The van der Waals surface area contributed by atoms with Crippen molar-refractivity contribution < 1.29 is 0 Å². The third-order valence-corrected chi connectivity index (χ3v) is 4.53. The van der Waals surface area contributed by atoms with Crippen LogP contribution in [0.4, 0.5) is 0 Å². The van der Waals surface area contributed by atoms with Crippen LogP contribution in [-0.2, 0) is 5.54 Å². The molecule has 0 aliphatic heterocycles. The van der Waals surface area contributed by atoms with E-state index < -0.39 is 0 Å². The van der Waals surface area contributed by atoms with Gasteiger partial charge in [0.1, 0.15) is 5.56 Å². The van der Waals surface area contributed by atoms with Gasteiger partial charge >= 0.3 is 0 Å². The molecular weight excluding hydrogens is 312 g/mol. The fourth-order valence-electron chi connectivity index (χ4n) is 2.31. The van der Waals surface area contributed by atoms with Gasteiger partial charge in [0, 0.05) is 6.20 Å². The largest absolute Gasteiger partial charge is 0.270 e. The molecule has 4 aromatic rings. The Kier molecular flexibility index (Phi) is 2.86. The zero-order chi connectivity index (χ0) is 16.2. The van der Waals surface area contributed by atoms with Crippen molar-refractivity contribution in [1.82, 2.24) is 29.6 Å². The summed E-state index contributed by atoms with van der Waals surface area (Å²) in [5.41, 5.74) is 0.714. The van der Waals surface area contributed by atoms with E-state index in [1.165, 1.54) is 22.3 Å². The molecule has 3 aromatic heterocycles. The van der Waals surface area contributed by atoms with E-state index in [1.54, 1.807) is 4.40 Å². The summed E-state index contributed by atoms with van der Waals surface area (Å²) in [7, 11) is 0. The summed E-state index contributed by atoms with van der Waals surface area (Å²) in [6.07, 6.45) is 1.52. The van der Waals surface area contributed by atoms with Crippen LogP contribution in [0.5, 0.6) is 0 Å². The van der Waals surface area contributed by atoms with Gasteiger partial charge in [-0.25, -0.2) is 4.98 Å². The Morgan fingerprint density at radius 2 is 1.96 bits per heavy atom. The molecule has 0 aliphatic rings. The van der Waals surface area contributed by atoms with Crippen molar-refractivity contribution in [2.75, 3.05) is 0 Å².